The fraction of sp³-hybridized carbons (Fsp3) is 0.154. The molecule has 0 spiro atoms. The zero-order chi connectivity index (χ0) is 31.0. The second kappa shape index (κ2) is 13.9. The second-order valence-corrected chi connectivity index (χ2v) is 10.6. The van der Waals surface area contributed by atoms with Crippen molar-refractivity contribution in [1.82, 2.24) is 4.57 Å². The van der Waals surface area contributed by atoms with Crippen LogP contribution in [-0.2, 0) is 24.5 Å². The van der Waals surface area contributed by atoms with Crippen LogP contribution >= 0.6 is 0 Å². The molecule has 45 heavy (non-hydrogen) atoms. The number of hydrogen-bond donors (Lipinski definition) is 0. The largest absolute Gasteiger partial charge is 0.497 e. The molecule has 0 N–H and O–H groups in total. The van der Waals surface area contributed by atoms with Crippen molar-refractivity contribution in [3.8, 4) is 28.4 Å². The van der Waals surface area contributed by atoms with Crippen molar-refractivity contribution < 1.29 is 23.7 Å². The third-order valence-corrected chi connectivity index (χ3v) is 7.60. The predicted molar refractivity (Wildman–Crippen MR) is 177 cm³/mol. The first-order valence-electron chi connectivity index (χ1n) is 15.0. The molecule has 0 bridgehead atoms. The lowest BCUT2D eigenvalue weighted by Gasteiger charge is -2.13. The molecular formula is C39H35NO5. The Hall–Kier alpha value is -5.49. The predicted octanol–water partition coefficient (Wildman–Crippen LogP) is 8.70. The lowest BCUT2D eigenvalue weighted by molar-refractivity contribution is 0.0516. The van der Waals surface area contributed by atoms with Gasteiger partial charge in [0.05, 0.1) is 13.7 Å². The number of esters is 1. The van der Waals surface area contributed by atoms with Crippen LogP contribution < -0.4 is 14.2 Å². The molecule has 226 valence electrons. The Balaban J connectivity index is 1.47. The molecule has 1 aromatic heterocycles. The van der Waals surface area contributed by atoms with Crippen LogP contribution in [0.2, 0.25) is 0 Å². The Labute approximate surface area is 263 Å². The molecule has 6 aromatic rings. The summed E-state index contributed by atoms with van der Waals surface area (Å²) in [5.74, 6) is 1.77. The quantitative estimate of drug-likeness (QED) is 0.132. The molecule has 0 atom stereocenters. The zero-order valence-corrected chi connectivity index (χ0v) is 25.4. The summed E-state index contributed by atoms with van der Waals surface area (Å²) in [5, 5.41) is 0.881. The summed E-state index contributed by atoms with van der Waals surface area (Å²) < 4.78 is 25.6. The Morgan fingerprint density at radius 2 is 1.27 bits per heavy atom. The van der Waals surface area contributed by atoms with Gasteiger partial charge in [-0.3, -0.25) is 0 Å². The molecule has 0 fully saturated rings. The Morgan fingerprint density at radius 3 is 1.93 bits per heavy atom. The van der Waals surface area contributed by atoms with E-state index in [1.54, 1.807) is 7.11 Å². The second-order valence-electron chi connectivity index (χ2n) is 10.6. The SMILES string of the molecule is CCOC(=O)c1c(-c2cccc(OCc3ccccc3)c2)c2cc(OCc3ccccc3)ccc2n1Cc1cccc(OC)c1. The van der Waals surface area contributed by atoms with Gasteiger partial charge in [-0.25, -0.2) is 4.79 Å². The minimum Gasteiger partial charge on any atom is -0.497 e. The van der Waals surface area contributed by atoms with E-state index < -0.39 is 5.97 Å². The molecule has 0 saturated heterocycles. The fourth-order valence-electron chi connectivity index (χ4n) is 5.47. The first-order chi connectivity index (χ1) is 22.1. The highest BCUT2D eigenvalue weighted by Gasteiger charge is 2.26. The first-order valence-corrected chi connectivity index (χ1v) is 15.0. The van der Waals surface area contributed by atoms with E-state index in [1.807, 2.05) is 139 Å². The number of hydrogen-bond acceptors (Lipinski definition) is 5. The normalized spacial score (nSPS) is 10.9. The summed E-state index contributed by atoms with van der Waals surface area (Å²) in [6, 6.07) is 41.8. The Bertz CT molecular complexity index is 1900. The monoisotopic (exact) mass is 597 g/mol. The average Bonchev–Trinajstić information content (AvgIpc) is 3.40. The van der Waals surface area contributed by atoms with Gasteiger partial charge in [0.1, 0.15) is 36.2 Å². The fourth-order valence-corrected chi connectivity index (χ4v) is 5.47. The summed E-state index contributed by atoms with van der Waals surface area (Å²) in [7, 11) is 1.65. The third-order valence-electron chi connectivity index (χ3n) is 7.60. The van der Waals surface area contributed by atoms with Gasteiger partial charge < -0.3 is 23.5 Å². The van der Waals surface area contributed by atoms with Crippen LogP contribution in [-0.4, -0.2) is 24.3 Å². The highest BCUT2D eigenvalue weighted by atomic mass is 16.5. The van der Waals surface area contributed by atoms with Crippen molar-refractivity contribution in [1.29, 1.82) is 0 Å². The van der Waals surface area contributed by atoms with E-state index in [-0.39, 0.29) is 6.61 Å². The van der Waals surface area contributed by atoms with Crippen LogP contribution in [0.15, 0.2) is 127 Å². The molecule has 0 aliphatic rings. The van der Waals surface area contributed by atoms with Crippen LogP contribution in [0.4, 0.5) is 0 Å². The van der Waals surface area contributed by atoms with Crippen LogP contribution in [0, 0.1) is 0 Å². The van der Waals surface area contributed by atoms with E-state index in [4.69, 9.17) is 18.9 Å². The number of carbonyl (C=O) groups excluding carboxylic acids is 1. The average molecular weight is 598 g/mol. The van der Waals surface area contributed by atoms with Crippen molar-refractivity contribution in [2.45, 2.75) is 26.7 Å². The third kappa shape index (κ3) is 6.86. The van der Waals surface area contributed by atoms with Crippen LogP contribution in [0.25, 0.3) is 22.0 Å². The molecule has 5 aromatic carbocycles. The minimum absolute atomic E-state index is 0.255. The molecule has 6 nitrogen and oxygen atoms in total. The number of aromatic nitrogens is 1. The summed E-state index contributed by atoms with van der Waals surface area (Å²) in [6.45, 7) is 3.38. The highest BCUT2D eigenvalue weighted by molar-refractivity contribution is 6.09. The van der Waals surface area contributed by atoms with Crippen molar-refractivity contribution in [3.05, 3.63) is 150 Å². The van der Waals surface area contributed by atoms with Gasteiger partial charge in [0, 0.05) is 23.0 Å². The number of fused-ring (bicyclic) bond motifs is 1. The van der Waals surface area contributed by atoms with Gasteiger partial charge in [-0.15, -0.1) is 0 Å². The number of carbonyl (C=O) groups is 1. The Morgan fingerprint density at radius 1 is 0.644 bits per heavy atom. The van der Waals surface area contributed by atoms with Gasteiger partial charge in [-0.05, 0) is 71.6 Å². The van der Waals surface area contributed by atoms with Crippen molar-refractivity contribution in [3.63, 3.8) is 0 Å². The van der Waals surface area contributed by atoms with Gasteiger partial charge >= 0.3 is 5.97 Å². The van der Waals surface area contributed by atoms with Crippen LogP contribution in [0.5, 0.6) is 17.2 Å². The molecule has 0 aliphatic heterocycles. The van der Waals surface area contributed by atoms with Crippen LogP contribution in [0.3, 0.4) is 0 Å². The van der Waals surface area contributed by atoms with Gasteiger partial charge in [0.25, 0.3) is 0 Å². The first kappa shape index (κ1) is 29.6. The maximum atomic E-state index is 13.8. The zero-order valence-electron chi connectivity index (χ0n) is 25.4. The summed E-state index contributed by atoms with van der Waals surface area (Å²) in [5.41, 5.74) is 6.11. The van der Waals surface area contributed by atoms with Crippen LogP contribution in [0.1, 0.15) is 34.1 Å². The molecule has 0 amide bonds. The highest BCUT2D eigenvalue weighted by Crippen LogP contribution is 2.39. The number of ether oxygens (including phenoxy) is 4. The summed E-state index contributed by atoms with van der Waals surface area (Å²) >= 11 is 0. The minimum atomic E-state index is -0.394. The lowest BCUT2D eigenvalue weighted by atomic mass is 10.0. The molecule has 0 radical (unpaired) electrons. The van der Waals surface area contributed by atoms with Gasteiger partial charge in [0.15, 0.2) is 0 Å². The van der Waals surface area contributed by atoms with E-state index >= 15 is 0 Å². The summed E-state index contributed by atoms with van der Waals surface area (Å²) in [6.07, 6.45) is 0. The molecule has 0 unspecified atom stereocenters. The van der Waals surface area contributed by atoms with Gasteiger partial charge in [0.2, 0.25) is 0 Å². The maximum absolute atomic E-state index is 13.8. The van der Waals surface area contributed by atoms with Crippen molar-refractivity contribution in [2.75, 3.05) is 13.7 Å². The smallest absolute Gasteiger partial charge is 0.355 e. The molecule has 6 heteroatoms. The Kier molecular flexibility index (Phi) is 9.11. The lowest BCUT2D eigenvalue weighted by Crippen LogP contribution is -2.14. The number of methoxy groups -OCH3 is 1. The number of nitrogens with zero attached hydrogens (tertiary/aromatic N) is 1. The molecule has 6 rings (SSSR count). The molecule has 0 saturated carbocycles. The number of rotatable bonds is 12. The number of benzene rings is 5. The van der Waals surface area contributed by atoms with Gasteiger partial charge in [-0.1, -0.05) is 84.9 Å². The standard InChI is InChI=1S/C39H35NO5/c1-3-43-39(41)38-37(31-17-11-19-33(23-31)44-26-28-12-6-4-7-13-28)35-24-34(45-27-29-14-8-5-9-15-29)20-21-36(35)40(38)25-30-16-10-18-32(22-30)42-2/h4-24H,3,25-27H2,1-2H3. The van der Waals surface area contributed by atoms with Crippen molar-refractivity contribution >= 4 is 16.9 Å². The topological polar surface area (TPSA) is 58.9 Å². The molecular weight excluding hydrogens is 562 g/mol. The van der Waals surface area contributed by atoms with E-state index in [2.05, 4.69) is 0 Å². The summed E-state index contributed by atoms with van der Waals surface area (Å²) in [4.78, 5) is 13.8. The van der Waals surface area contributed by atoms with E-state index in [9.17, 15) is 4.79 Å². The maximum Gasteiger partial charge on any atom is 0.355 e. The van der Waals surface area contributed by atoms with E-state index in [0.29, 0.717) is 37.0 Å². The van der Waals surface area contributed by atoms with E-state index in [1.165, 1.54) is 0 Å². The van der Waals surface area contributed by atoms with E-state index in [0.717, 1.165) is 44.5 Å². The molecule has 0 aliphatic carbocycles. The van der Waals surface area contributed by atoms with Gasteiger partial charge in [-0.2, -0.15) is 0 Å². The molecule has 1 heterocycles. The van der Waals surface area contributed by atoms with Crippen molar-refractivity contribution in [2.24, 2.45) is 0 Å².